The third-order valence-electron chi connectivity index (χ3n) is 10.1. The number of fused-ring (bicyclic) bond motifs is 9. The maximum absolute atomic E-state index is 6.80. The Morgan fingerprint density at radius 3 is 1.75 bits per heavy atom. The van der Waals surface area contributed by atoms with E-state index in [0.717, 1.165) is 71.7 Å². The topological polar surface area (TPSA) is 65.0 Å². The van der Waals surface area contributed by atoms with Crippen LogP contribution in [0.25, 0.3) is 111 Å². The minimum absolute atomic E-state index is 0.543. The first-order chi connectivity index (χ1) is 25.8. The van der Waals surface area contributed by atoms with Gasteiger partial charge in [-0.05, 0) is 51.4 Å². The maximum atomic E-state index is 6.80. The molecule has 11 aromatic rings. The zero-order valence-electron chi connectivity index (χ0n) is 27.7. The lowest BCUT2D eigenvalue weighted by Gasteiger charge is -2.11. The summed E-state index contributed by atoms with van der Waals surface area (Å²) in [7, 11) is 0. The van der Waals surface area contributed by atoms with E-state index in [-0.39, 0.29) is 0 Å². The van der Waals surface area contributed by atoms with Gasteiger partial charge in [-0.15, -0.1) is 0 Å². The van der Waals surface area contributed by atoms with Crippen molar-refractivity contribution in [3.05, 3.63) is 164 Å². The molecule has 0 bridgehead atoms. The normalized spacial score (nSPS) is 11.8. The van der Waals surface area contributed by atoms with Gasteiger partial charge in [0.1, 0.15) is 22.3 Å². The second-order valence-electron chi connectivity index (χ2n) is 13.1. The molecule has 5 heteroatoms. The molecule has 0 unspecified atom stereocenters. The monoisotopic (exact) mass is 665 g/mol. The quantitative estimate of drug-likeness (QED) is 0.175. The standard InChI is InChI=1S/C47H27N3O2/c1-2-13-28(14-3-1)45-48-46(50-47(49-45)38-24-11-20-34-33-19-8-9-25-40(33)51-44(34)38)37-23-12-26-41-42(37)36-22-10-21-35(43(36)52-41)39-27-29-15-4-5-16-30(29)31-17-6-7-18-32(31)39/h1-27H. The van der Waals surface area contributed by atoms with Crippen LogP contribution < -0.4 is 0 Å². The minimum Gasteiger partial charge on any atom is -0.455 e. The van der Waals surface area contributed by atoms with Crippen LogP contribution in [0.4, 0.5) is 0 Å². The van der Waals surface area contributed by atoms with Gasteiger partial charge in [0.15, 0.2) is 17.5 Å². The molecule has 3 heterocycles. The summed E-state index contributed by atoms with van der Waals surface area (Å²) in [6.45, 7) is 0. The highest BCUT2D eigenvalue weighted by molar-refractivity contribution is 6.19. The summed E-state index contributed by atoms with van der Waals surface area (Å²) in [4.78, 5) is 15.4. The van der Waals surface area contributed by atoms with Crippen molar-refractivity contribution in [1.82, 2.24) is 15.0 Å². The van der Waals surface area contributed by atoms with Crippen molar-refractivity contribution in [3.8, 4) is 45.3 Å². The average Bonchev–Trinajstić information content (AvgIpc) is 3.80. The molecule has 3 aromatic heterocycles. The molecular formula is C47H27N3O2. The number of nitrogens with zero attached hydrogens (tertiary/aromatic N) is 3. The lowest BCUT2D eigenvalue weighted by molar-refractivity contribution is 0.669. The number of furan rings is 2. The summed E-state index contributed by atoms with van der Waals surface area (Å²) >= 11 is 0. The SMILES string of the molecule is c1ccc(-c2nc(-c3cccc4c3oc3ccccc34)nc(-c3cccc4oc5c(-c6cc7ccccc7c7ccccc67)cccc5c34)n2)cc1. The van der Waals surface area contributed by atoms with Gasteiger partial charge >= 0.3 is 0 Å². The Morgan fingerprint density at radius 2 is 0.885 bits per heavy atom. The Morgan fingerprint density at radius 1 is 0.327 bits per heavy atom. The Kier molecular flexibility index (Phi) is 6.18. The van der Waals surface area contributed by atoms with Crippen LogP contribution in [0.3, 0.4) is 0 Å². The molecule has 242 valence electrons. The van der Waals surface area contributed by atoms with E-state index in [9.17, 15) is 0 Å². The van der Waals surface area contributed by atoms with Crippen molar-refractivity contribution >= 4 is 65.4 Å². The summed E-state index contributed by atoms with van der Waals surface area (Å²) in [5.74, 6) is 1.69. The van der Waals surface area contributed by atoms with Crippen molar-refractivity contribution in [1.29, 1.82) is 0 Å². The van der Waals surface area contributed by atoms with Gasteiger partial charge in [0.05, 0.1) is 5.56 Å². The molecule has 0 aliphatic heterocycles. The molecule has 0 amide bonds. The van der Waals surface area contributed by atoms with Crippen molar-refractivity contribution in [3.63, 3.8) is 0 Å². The van der Waals surface area contributed by atoms with Crippen molar-refractivity contribution in [2.75, 3.05) is 0 Å². The van der Waals surface area contributed by atoms with Gasteiger partial charge in [0.25, 0.3) is 0 Å². The van der Waals surface area contributed by atoms with Gasteiger partial charge in [-0.3, -0.25) is 0 Å². The molecule has 11 rings (SSSR count). The fraction of sp³-hybridized carbons (Fsp3) is 0. The number of aromatic nitrogens is 3. The van der Waals surface area contributed by atoms with E-state index in [1.807, 2.05) is 72.8 Å². The second kappa shape index (κ2) is 11.2. The van der Waals surface area contributed by atoms with Gasteiger partial charge in [-0.2, -0.15) is 0 Å². The Hall–Kier alpha value is -7.11. The van der Waals surface area contributed by atoms with E-state index >= 15 is 0 Å². The lowest BCUT2D eigenvalue weighted by atomic mass is 9.92. The molecule has 0 aliphatic rings. The van der Waals surface area contributed by atoms with Crippen LogP contribution >= 0.6 is 0 Å². The average molecular weight is 666 g/mol. The molecule has 52 heavy (non-hydrogen) atoms. The third kappa shape index (κ3) is 4.33. The van der Waals surface area contributed by atoms with E-state index in [2.05, 4.69) is 91.0 Å². The summed E-state index contributed by atoms with van der Waals surface area (Å²) in [5.41, 5.74) is 7.93. The zero-order chi connectivity index (χ0) is 34.2. The van der Waals surface area contributed by atoms with E-state index in [0.29, 0.717) is 17.5 Å². The van der Waals surface area contributed by atoms with Crippen LogP contribution in [0.1, 0.15) is 0 Å². The first kappa shape index (κ1) is 28.7. The van der Waals surface area contributed by atoms with Crippen LogP contribution in [0.2, 0.25) is 0 Å². The van der Waals surface area contributed by atoms with E-state index in [1.54, 1.807) is 0 Å². The molecule has 0 saturated carbocycles. The highest BCUT2D eigenvalue weighted by atomic mass is 16.3. The van der Waals surface area contributed by atoms with Gasteiger partial charge < -0.3 is 8.83 Å². The van der Waals surface area contributed by atoms with E-state index in [1.165, 1.54) is 21.5 Å². The van der Waals surface area contributed by atoms with Crippen LogP contribution in [-0.4, -0.2) is 15.0 Å². The number of hydrogen-bond acceptors (Lipinski definition) is 5. The summed E-state index contributed by atoms with van der Waals surface area (Å²) in [6.07, 6.45) is 0. The van der Waals surface area contributed by atoms with Crippen molar-refractivity contribution in [2.45, 2.75) is 0 Å². The van der Waals surface area contributed by atoms with Crippen molar-refractivity contribution < 1.29 is 8.83 Å². The van der Waals surface area contributed by atoms with Gasteiger partial charge in [-0.25, -0.2) is 15.0 Å². The highest BCUT2D eigenvalue weighted by Crippen LogP contribution is 2.43. The third-order valence-corrected chi connectivity index (χ3v) is 10.1. The highest BCUT2D eigenvalue weighted by Gasteiger charge is 2.22. The molecule has 8 aromatic carbocycles. The predicted octanol–water partition coefficient (Wildman–Crippen LogP) is 12.6. The molecular weight excluding hydrogens is 639 g/mol. The number of para-hydroxylation sites is 3. The Labute approximate surface area is 297 Å². The second-order valence-corrected chi connectivity index (χ2v) is 13.1. The lowest BCUT2D eigenvalue weighted by Crippen LogP contribution is -2.00. The zero-order valence-corrected chi connectivity index (χ0v) is 27.7. The maximum Gasteiger partial charge on any atom is 0.167 e. The smallest absolute Gasteiger partial charge is 0.167 e. The molecule has 0 N–H and O–H groups in total. The first-order valence-corrected chi connectivity index (χ1v) is 17.4. The van der Waals surface area contributed by atoms with Crippen LogP contribution in [0, 0.1) is 0 Å². The van der Waals surface area contributed by atoms with Crippen LogP contribution in [0.5, 0.6) is 0 Å². The summed E-state index contributed by atoms with van der Waals surface area (Å²) in [6, 6.07) is 56.2. The van der Waals surface area contributed by atoms with Gasteiger partial charge in [0.2, 0.25) is 0 Å². The number of rotatable bonds is 4. The predicted molar refractivity (Wildman–Crippen MR) is 211 cm³/mol. The number of benzene rings is 8. The molecule has 0 fully saturated rings. The Bertz CT molecular complexity index is 3190. The molecule has 0 aliphatic carbocycles. The molecule has 5 nitrogen and oxygen atoms in total. The van der Waals surface area contributed by atoms with Crippen LogP contribution in [0.15, 0.2) is 173 Å². The van der Waals surface area contributed by atoms with Gasteiger partial charge in [-0.1, -0.05) is 140 Å². The molecule has 0 saturated heterocycles. The first-order valence-electron chi connectivity index (χ1n) is 17.4. The fourth-order valence-electron chi connectivity index (χ4n) is 7.78. The molecule has 0 atom stereocenters. The molecule has 0 radical (unpaired) electrons. The van der Waals surface area contributed by atoms with Crippen LogP contribution in [-0.2, 0) is 0 Å². The Balaban J connectivity index is 1.17. The molecule has 0 spiro atoms. The van der Waals surface area contributed by atoms with Gasteiger partial charge in [0, 0.05) is 38.2 Å². The minimum atomic E-state index is 0.543. The fourth-order valence-corrected chi connectivity index (χ4v) is 7.78. The van der Waals surface area contributed by atoms with Crippen molar-refractivity contribution in [2.24, 2.45) is 0 Å². The number of hydrogen-bond donors (Lipinski definition) is 0. The van der Waals surface area contributed by atoms with E-state index < -0.39 is 0 Å². The van der Waals surface area contributed by atoms with E-state index in [4.69, 9.17) is 23.8 Å². The summed E-state index contributed by atoms with van der Waals surface area (Å²) in [5, 5.41) is 8.87. The summed E-state index contributed by atoms with van der Waals surface area (Å²) < 4.78 is 13.2. The largest absolute Gasteiger partial charge is 0.455 e.